The second kappa shape index (κ2) is 11.9. The maximum Gasteiger partial charge on any atom is 0.240 e. The quantitative estimate of drug-likeness (QED) is 0.323. The molecule has 8 heteroatoms. The number of amides is 2. The first-order chi connectivity index (χ1) is 15.5. The lowest BCUT2D eigenvalue weighted by Crippen LogP contribution is -2.20. The van der Waals surface area contributed by atoms with Crippen LogP contribution in [0.2, 0.25) is 10.0 Å². The molecule has 3 aromatic carbocycles. The number of para-hydroxylation sites is 1. The zero-order valence-corrected chi connectivity index (χ0v) is 18.6. The van der Waals surface area contributed by atoms with Gasteiger partial charge in [0.15, 0.2) is 0 Å². The van der Waals surface area contributed by atoms with Crippen LogP contribution < -0.4 is 15.5 Å². The molecule has 0 atom stereocenters. The number of benzene rings is 3. The molecule has 0 saturated carbocycles. The Hall–Kier alpha value is -3.35. The van der Waals surface area contributed by atoms with Crippen LogP contribution in [0.25, 0.3) is 0 Å². The van der Waals surface area contributed by atoms with Gasteiger partial charge >= 0.3 is 0 Å². The Bertz CT molecular complexity index is 1090. The van der Waals surface area contributed by atoms with E-state index in [0.29, 0.717) is 28.1 Å². The molecule has 0 aliphatic heterocycles. The van der Waals surface area contributed by atoms with Crippen LogP contribution in [0.1, 0.15) is 24.0 Å². The number of ether oxygens (including phenoxy) is 1. The highest BCUT2D eigenvalue weighted by Crippen LogP contribution is 2.22. The molecule has 0 fully saturated rings. The first-order valence-corrected chi connectivity index (χ1v) is 10.6. The maximum atomic E-state index is 11.9. The normalized spacial score (nSPS) is 10.7. The molecule has 0 aliphatic carbocycles. The predicted molar refractivity (Wildman–Crippen MR) is 127 cm³/mol. The van der Waals surface area contributed by atoms with Crippen LogP contribution in [0.15, 0.2) is 77.9 Å². The van der Waals surface area contributed by atoms with Crippen molar-refractivity contribution < 1.29 is 14.3 Å². The molecule has 0 saturated heterocycles. The van der Waals surface area contributed by atoms with Crippen molar-refractivity contribution >= 4 is 46.9 Å². The van der Waals surface area contributed by atoms with E-state index in [1.54, 1.807) is 36.4 Å². The minimum absolute atomic E-state index is 0.0377. The lowest BCUT2D eigenvalue weighted by atomic mass is 10.2. The molecule has 3 aromatic rings. The molecule has 2 N–H and O–H groups in total. The number of carbonyl (C=O) groups excluding carboxylic acids is 2. The van der Waals surface area contributed by atoms with E-state index in [1.165, 1.54) is 6.21 Å². The van der Waals surface area contributed by atoms with Crippen LogP contribution in [0.4, 0.5) is 5.69 Å². The van der Waals surface area contributed by atoms with Crippen molar-refractivity contribution in [2.45, 2.75) is 19.4 Å². The Kier molecular flexibility index (Phi) is 8.66. The van der Waals surface area contributed by atoms with Gasteiger partial charge in [0.25, 0.3) is 0 Å². The van der Waals surface area contributed by atoms with Crippen molar-refractivity contribution in [2.75, 3.05) is 5.32 Å². The molecule has 3 rings (SSSR count). The van der Waals surface area contributed by atoms with Crippen LogP contribution in [0.3, 0.4) is 0 Å². The topological polar surface area (TPSA) is 79.8 Å². The van der Waals surface area contributed by atoms with E-state index in [9.17, 15) is 9.59 Å². The summed E-state index contributed by atoms with van der Waals surface area (Å²) < 4.78 is 5.73. The number of halogens is 2. The van der Waals surface area contributed by atoms with Crippen molar-refractivity contribution in [1.82, 2.24) is 5.43 Å². The molecule has 0 heterocycles. The number of rotatable bonds is 9. The van der Waals surface area contributed by atoms with Crippen LogP contribution in [0.5, 0.6) is 5.75 Å². The van der Waals surface area contributed by atoms with E-state index in [1.807, 2.05) is 36.4 Å². The number of hydrazone groups is 1. The van der Waals surface area contributed by atoms with Crippen molar-refractivity contribution in [3.8, 4) is 5.75 Å². The highest BCUT2D eigenvalue weighted by molar-refractivity contribution is 6.35. The van der Waals surface area contributed by atoms with Crippen LogP contribution in [-0.2, 0) is 16.2 Å². The molecule has 32 heavy (non-hydrogen) atoms. The third-order valence-corrected chi connectivity index (χ3v) is 4.92. The molecular weight excluding hydrogens is 449 g/mol. The smallest absolute Gasteiger partial charge is 0.240 e. The van der Waals surface area contributed by atoms with E-state index in [-0.39, 0.29) is 24.7 Å². The molecular formula is C24H21Cl2N3O3. The lowest BCUT2D eigenvalue weighted by molar-refractivity contribution is -0.124. The third kappa shape index (κ3) is 7.72. The Morgan fingerprint density at radius 1 is 0.906 bits per heavy atom. The van der Waals surface area contributed by atoms with Gasteiger partial charge in [0.1, 0.15) is 12.4 Å². The van der Waals surface area contributed by atoms with Gasteiger partial charge in [0, 0.05) is 34.1 Å². The van der Waals surface area contributed by atoms with Crippen LogP contribution in [0, 0.1) is 0 Å². The van der Waals surface area contributed by atoms with E-state index >= 15 is 0 Å². The van der Waals surface area contributed by atoms with Crippen LogP contribution >= 0.6 is 23.2 Å². The zero-order chi connectivity index (χ0) is 22.8. The van der Waals surface area contributed by atoms with E-state index < -0.39 is 0 Å². The van der Waals surface area contributed by atoms with Gasteiger partial charge in [-0.1, -0.05) is 47.5 Å². The van der Waals surface area contributed by atoms with Gasteiger partial charge in [-0.05, 0) is 54.1 Å². The van der Waals surface area contributed by atoms with Gasteiger partial charge in [0.05, 0.1) is 6.21 Å². The van der Waals surface area contributed by atoms with Crippen molar-refractivity contribution in [2.24, 2.45) is 5.10 Å². The first-order valence-electron chi connectivity index (χ1n) is 9.83. The van der Waals surface area contributed by atoms with E-state index in [2.05, 4.69) is 15.8 Å². The van der Waals surface area contributed by atoms with E-state index in [0.717, 1.165) is 11.1 Å². The van der Waals surface area contributed by atoms with Crippen LogP contribution in [-0.4, -0.2) is 18.0 Å². The van der Waals surface area contributed by atoms with Gasteiger partial charge in [-0.25, -0.2) is 5.43 Å². The summed E-state index contributed by atoms with van der Waals surface area (Å²) in [5.74, 6) is 0.0942. The molecule has 6 nitrogen and oxygen atoms in total. The lowest BCUT2D eigenvalue weighted by Gasteiger charge is -2.08. The summed E-state index contributed by atoms with van der Waals surface area (Å²) >= 11 is 12.0. The summed E-state index contributed by atoms with van der Waals surface area (Å²) in [6.45, 7) is 0.317. The summed E-state index contributed by atoms with van der Waals surface area (Å²) in [6.07, 6.45) is 1.62. The van der Waals surface area contributed by atoms with Gasteiger partial charge < -0.3 is 10.1 Å². The summed E-state index contributed by atoms with van der Waals surface area (Å²) in [5.41, 5.74) is 4.73. The standard InChI is InChI=1S/C24H21Cl2N3O3/c25-19-9-8-18(22(26)14-19)16-32-21-10-6-17(7-11-21)15-27-29-24(31)13-12-23(30)28-20-4-2-1-3-5-20/h1-11,14-15H,12-13,16H2,(H,28,30)(H,29,31). The average molecular weight is 470 g/mol. The average Bonchev–Trinajstić information content (AvgIpc) is 2.79. The molecule has 0 unspecified atom stereocenters. The molecule has 0 radical (unpaired) electrons. The Labute approximate surface area is 196 Å². The number of anilines is 1. The zero-order valence-electron chi connectivity index (χ0n) is 17.1. The molecule has 2 amide bonds. The SMILES string of the molecule is O=C(CCC(=O)Nc1ccccc1)NN=Cc1ccc(OCc2ccc(Cl)cc2Cl)cc1. The van der Waals surface area contributed by atoms with Gasteiger partial charge in [-0.15, -0.1) is 0 Å². The highest BCUT2D eigenvalue weighted by Gasteiger charge is 2.06. The minimum Gasteiger partial charge on any atom is -0.489 e. The first kappa shape index (κ1) is 23.3. The number of hydrogen-bond donors (Lipinski definition) is 2. The highest BCUT2D eigenvalue weighted by atomic mass is 35.5. The number of carbonyl (C=O) groups is 2. The fourth-order valence-electron chi connectivity index (χ4n) is 2.66. The minimum atomic E-state index is -0.343. The molecule has 0 aromatic heterocycles. The van der Waals surface area contributed by atoms with E-state index in [4.69, 9.17) is 27.9 Å². The Balaban J connectivity index is 1.39. The second-order valence-electron chi connectivity index (χ2n) is 6.80. The second-order valence-corrected chi connectivity index (χ2v) is 7.64. The number of nitrogens with one attached hydrogen (secondary N) is 2. The van der Waals surface area contributed by atoms with Gasteiger partial charge in [-0.2, -0.15) is 5.10 Å². The summed E-state index contributed by atoms with van der Waals surface area (Å²) in [7, 11) is 0. The largest absolute Gasteiger partial charge is 0.489 e. The Morgan fingerprint density at radius 2 is 1.62 bits per heavy atom. The molecule has 164 valence electrons. The molecule has 0 aliphatic rings. The summed E-state index contributed by atoms with van der Waals surface area (Å²) in [5, 5.41) is 7.77. The number of hydrogen-bond acceptors (Lipinski definition) is 4. The van der Waals surface area contributed by atoms with Crippen molar-refractivity contribution in [1.29, 1.82) is 0 Å². The predicted octanol–water partition coefficient (Wildman–Crippen LogP) is 5.44. The molecule has 0 bridgehead atoms. The fraction of sp³-hybridized carbons (Fsp3) is 0.125. The Morgan fingerprint density at radius 3 is 2.34 bits per heavy atom. The van der Waals surface area contributed by atoms with Gasteiger partial charge in [0.2, 0.25) is 11.8 Å². The maximum absolute atomic E-state index is 11.9. The summed E-state index contributed by atoms with van der Waals surface area (Å²) in [4.78, 5) is 23.7. The summed E-state index contributed by atoms with van der Waals surface area (Å²) in [6, 6.07) is 21.5. The van der Waals surface area contributed by atoms with Gasteiger partial charge in [-0.3, -0.25) is 9.59 Å². The fourth-order valence-corrected chi connectivity index (χ4v) is 3.12. The number of nitrogens with zero attached hydrogens (tertiary/aromatic N) is 1. The third-order valence-electron chi connectivity index (χ3n) is 4.33. The monoisotopic (exact) mass is 469 g/mol. The van der Waals surface area contributed by atoms with Crippen molar-refractivity contribution in [3.63, 3.8) is 0 Å². The van der Waals surface area contributed by atoms with Crippen molar-refractivity contribution in [3.05, 3.63) is 94.0 Å². The molecule has 0 spiro atoms.